The summed E-state index contributed by atoms with van der Waals surface area (Å²) in [4.78, 5) is 5.67. The van der Waals surface area contributed by atoms with Gasteiger partial charge in [-0.3, -0.25) is 0 Å². The number of pyridine rings is 1. The summed E-state index contributed by atoms with van der Waals surface area (Å²) < 4.78 is 0. The zero-order valence-corrected chi connectivity index (χ0v) is 10.9. The molecule has 0 unspecified atom stereocenters. The summed E-state index contributed by atoms with van der Waals surface area (Å²) in [5, 5.41) is 4.33. The van der Waals surface area contributed by atoms with E-state index in [1.165, 1.54) is 26.8 Å². The van der Waals surface area contributed by atoms with Gasteiger partial charge in [0.15, 0.2) is 0 Å². The van der Waals surface area contributed by atoms with Crippen molar-refractivity contribution < 1.29 is 0 Å². The van der Waals surface area contributed by atoms with E-state index < -0.39 is 0 Å². The summed E-state index contributed by atoms with van der Waals surface area (Å²) in [5.41, 5.74) is 2.50. The molecule has 0 bridgehead atoms. The number of rotatable bonds is 0. The molecule has 4 rings (SSSR count). The molecule has 0 saturated carbocycles. The summed E-state index contributed by atoms with van der Waals surface area (Å²) >= 11 is 7.77. The van der Waals surface area contributed by atoms with Crippen LogP contribution >= 0.6 is 23.4 Å². The molecule has 1 aromatic heterocycles. The molecule has 2 heterocycles. The van der Waals surface area contributed by atoms with E-state index in [4.69, 9.17) is 11.6 Å². The van der Waals surface area contributed by atoms with E-state index in [1.807, 2.05) is 18.3 Å². The summed E-state index contributed by atoms with van der Waals surface area (Å²) in [5.74, 6) is 0. The first-order valence-corrected chi connectivity index (χ1v) is 6.88. The zero-order valence-electron chi connectivity index (χ0n) is 9.35. The predicted molar refractivity (Wildman–Crippen MR) is 76.3 cm³/mol. The Hall–Kier alpha value is -1.51. The zero-order chi connectivity index (χ0) is 12.1. The van der Waals surface area contributed by atoms with Crippen molar-refractivity contribution >= 4 is 34.1 Å². The molecule has 1 nitrogen and oxygen atoms in total. The lowest BCUT2D eigenvalue weighted by atomic mass is 9.99. The molecule has 3 heteroatoms. The third kappa shape index (κ3) is 1.39. The highest BCUT2D eigenvalue weighted by Gasteiger charge is 2.19. The average Bonchev–Trinajstić information content (AvgIpc) is 2.39. The standard InChI is InChI=1S/C15H8ClNS/c16-10-4-5-11-12-3-1-2-9-6-7-17-15(14(9)12)18-13(11)8-10/h1-8H. The van der Waals surface area contributed by atoms with Crippen LogP contribution in [0.3, 0.4) is 0 Å². The fourth-order valence-corrected chi connectivity index (χ4v) is 3.77. The van der Waals surface area contributed by atoms with Gasteiger partial charge in [0.05, 0.1) is 0 Å². The second kappa shape index (κ2) is 3.74. The molecular weight excluding hydrogens is 262 g/mol. The van der Waals surface area contributed by atoms with Crippen molar-refractivity contribution in [2.75, 3.05) is 0 Å². The van der Waals surface area contributed by atoms with Gasteiger partial charge in [-0.15, -0.1) is 0 Å². The Balaban J connectivity index is 2.17. The summed E-state index contributed by atoms with van der Waals surface area (Å²) in [6.07, 6.45) is 1.87. The Labute approximate surface area is 114 Å². The number of nitrogens with zero attached hydrogens (tertiary/aromatic N) is 1. The monoisotopic (exact) mass is 269 g/mol. The lowest BCUT2D eigenvalue weighted by Gasteiger charge is -2.19. The van der Waals surface area contributed by atoms with Crippen molar-refractivity contribution in [3.05, 3.63) is 53.7 Å². The van der Waals surface area contributed by atoms with Gasteiger partial charge in [-0.2, -0.15) is 0 Å². The number of hydrogen-bond donors (Lipinski definition) is 0. The van der Waals surface area contributed by atoms with Crippen molar-refractivity contribution in [1.82, 2.24) is 4.98 Å². The molecule has 3 aromatic rings. The summed E-state index contributed by atoms with van der Waals surface area (Å²) in [7, 11) is 0. The van der Waals surface area contributed by atoms with Crippen molar-refractivity contribution in [3.8, 4) is 11.1 Å². The van der Waals surface area contributed by atoms with Gasteiger partial charge in [0.1, 0.15) is 5.03 Å². The molecule has 1 aliphatic rings. The number of hydrogen-bond acceptors (Lipinski definition) is 2. The van der Waals surface area contributed by atoms with E-state index >= 15 is 0 Å². The highest BCUT2D eigenvalue weighted by atomic mass is 35.5. The molecule has 0 N–H and O–H groups in total. The molecule has 0 spiro atoms. The van der Waals surface area contributed by atoms with E-state index in [1.54, 1.807) is 11.8 Å². The topological polar surface area (TPSA) is 12.9 Å². The van der Waals surface area contributed by atoms with Crippen LogP contribution in [0.1, 0.15) is 0 Å². The molecule has 0 radical (unpaired) electrons. The molecule has 1 aliphatic heterocycles. The Bertz CT molecular complexity index is 777. The van der Waals surface area contributed by atoms with Gasteiger partial charge in [-0.25, -0.2) is 4.98 Å². The minimum atomic E-state index is 0.771. The third-order valence-electron chi connectivity index (χ3n) is 3.20. The first kappa shape index (κ1) is 10.4. The van der Waals surface area contributed by atoms with Gasteiger partial charge in [0.2, 0.25) is 0 Å². The maximum Gasteiger partial charge on any atom is 0.109 e. The minimum Gasteiger partial charge on any atom is -0.249 e. The van der Waals surface area contributed by atoms with Crippen LogP contribution < -0.4 is 0 Å². The SMILES string of the molecule is Clc1ccc2c(c1)Sc1nccc3cccc-2c13. The summed E-state index contributed by atoms with van der Waals surface area (Å²) in [6.45, 7) is 0. The van der Waals surface area contributed by atoms with Crippen LogP contribution in [-0.4, -0.2) is 4.98 Å². The average molecular weight is 270 g/mol. The van der Waals surface area contributed by atoms with E-state index in [0.29, 0.717) is 0 Å². The second-order valence-electron chi connectivity index (χ2n) is 4.26. The van der Waals surface area contributed by atoms with Crippen LogP contribution in [0.5, 0.6) is 0 Å². The number of benzene rings is 2. The van der Waals surface area contributed by atoms with Crippen LogP contribution in [0.15, 0.2) is 58.6 Å². The highest BCUT2D eigenvalue weighted by Crippen LogP contribution is 2.47. The van der Waals surface area contributed by atoms with Gasteiger partial charge in [0.25, 0.3) is 0 Å². The first-order valence-electron chi connectivity index (χ1n) is 5.68. The smallest absolute Gasteiger partial charge is 0.109 e. The molecule has 0 aliphatic carbocycles. The van der Waals surface area contributed by atoms with Crippen molar-refractivity contribution in [3.63, 3.8) is 0 Å². The molecule has 0 amide bonds. The molecule has 0 saturated heterocycles. The van der Waals surface area contributed by atoms with Crippen LogP contribution in [0.4, 0.5) is 0 Å². The van der Waals surface area contributed by atoms with E-state index in [0.717, 1.165) is 10.0 Å². The Kier molecular flexibility index (Phi) is 2.16. The fraction of sp³-hybridized carbons (Fsp3) is 0. The van der Waals surface area contributed by atoms with Crippen LogP contribution in [-0.2, 0) is 0 Å². The van der Waals surface area contributed by atoms with Crippen molar-refractivity contribution in [2.24, 2.45) is 0 Å². The van der Waals surface area contributed by atoms with Crippen LogP contribution in [0, 0.1) is 0 Å². The van der Waals surface area contributed by atoms with E-state index in [2.05, 4.69) is 35.3 Å². The maximum atomic E-state index is 6.07. The van der Waals surface area contributed by atoms with Gasteiger partial charge in [-0.05, 0) is 34.7 Å². The summed E-state index contributed by atoms with van der Waals surface area (Å²) in [6, 6.07) is 14.5. The van der Waals surface area contributed by atoms with Gasteiger partial charge >= 0.3 is 0 Å². The van der Waals surface area contributed by atoms with Crippen LogP contribution in [0.25, 0.3) is 21.9 Å². The normalized spacial score (nSPS) is 12.5. The Morgan fingerprint density at radius 2 is 1.94 bits per heavy atom. The van der Waals surface area contributed by atoms with E-state index in [-0.39, 0.29) is 0 Å². The third-order valence-corrected chi connectivity index (χ3v) is 4.49. The Morgan fingerprint density at radius 3 is 2.89 bits per heavy atom. The van der Waals surface area contributed by atoms with Gasteiger partial charge in [0, 0.05) is 21.5 Å². The largest absolute Gasteiger partial charge is 0.249 e. The lowest BCUT2D eigenvalue weighted by Crippen LogP contribution is -1.94. The molecule has 86 valence electrons. The Morgan fingerprint density at radius 1 is 1.00 bits per heavy atom. The van der Waals surface area contributed by atoms with Gasteiger partial charge in [-0.1, -0.05) is 47.6 Å². The molecule has 0 atom stereocenters. The number of fused-ring (bicyclic) bond motifs is 2. The fourth-order valence-electron chi connectivity index (χ4n) is 2.41. The van der Waals surface area contributed by atoms with Crippen LogP contribution in [0.2, 0.25) is 5.02 Å². The second-order valence-corrected chi connectivity index (χ2v) is 5.73. The maximum absolute atomic E-state index is 6.07. The van der Waals surface area contributed by atoms with E-state index in [9.17, 15) is 0 Å². The molecular formula is C15H8ClNS. The molecule has 2 aromatic carbocycles. The number of halogens is 1. The quantitative estimate of drug-likeness (QED) is 0.445. The highest BCUT2D eigenvalue weighted by molar-refractivity contribution is 7.99. The van der Waals surface area contributed by atoms with Gasteiger partial charge < -0.3 is 0 Å². The molecule has 0 fully saturated rings. The number of aromatic nitrogens is 1. The van der Waals surface area contributed by atoms with Crippen molar-refractivity contribution in [2.45, 2.75) is 9.92 Å². The predicted octanol–water partition coefficient (Wildman–Crippen LogP) is 5.02. The minimum absolute atomic E-state index is 0.771. The first-order chi connectivity index (χ1) is 8.83. The van der Waals surface area contributed by atoms with Crippen molar-refractivity contribution in [1.29, 1.82) is 0 Å². The molecule has 18 heavy (non-hydrogen) atoms. The lowest BCUT2D eigenvalue weighted by molar-refractivity contribution is 1.16.